The second-order valence-electron chi connectivity index (χ2n) is 5.30. The van der Waals surface area contributed by atoms with Crippen LogP contribution in [-0.2, 0) is 23.0 Å². The van der Waals surface area contributed by atoms with Crippen LogP contribution in [0.5, 0.6) is 0 Å². The smallest absolute Gasteiger partial charge is 0.240 e. The maximum atomic E-state index is 12.9. The molecular weight excluding hydrogens is 366 g/mol. The summed E-state index contributed by atoms with van der Waals surface area (Å²) in [6.45, 7) is 0.0494. The van der Waals surface area contributed by atoms with Crippen LogP contribution in [0.1, 0.15) is 15.4 Å². The van der Waals surface area contributed by atoms with E-state index in [0.29, 0.717) is 11.4 Å². The van der Waals surface area contributed by atoms with E-state index in [1.54, 1.807) is 18.3 Å². The Bertz CT molecular complexity index is 953. The molecule has 0 aliphatic carbocycles. The average Bonchev–Trinajstić information content (AvgIpc) is 3.03. The summed E-state index contributed by atoms with van der Waals surface area (Å²) in [5.41, 5.74) is 0.948. The molecule has 0 saturated carbocycles. The summed E-state index contributed by atoms with van der Waals surface area (Å²) in [5, 5.41) is 0.614. The van der Waals surface area contributed by atoms with Gasteiger partial charge in [-0.1, -0.05) is 12.1 Å². The van der Waals surface area contributed by atoms with Crippen LogP contribution in [0.2, 0.25) is 0 Å². The minimum absolute atomic E-state index is 0.00279. The highest BCUT2D eigenvalue weighted by Crippen LogP contribution is 2.18. The standard InChI is InChI=1S/C17H14F2N2O2S2/c18-13-3-1-12(2-4-13)9-15-10-20-17(24-15)11-21-25(22,23)16-7-5-14(19)6-8-16/h1-8,10,21H,9,11H2. The van der Waals surface area contributed by atoms with Crippen LogP contribution in [0.15, 0.2) is 59.6 Å². The van der Waals surface area contributed by atoms with Crippen molar-refractivity contribution >= 4 is 21.4 Å². The predicted molar refractivity (Wildman–Crippen MR) is 91.7 cm³/mol. The molecule has 0 aliphatic rings. The Hall–Kier alpha value is -2.16. The number of benzene rings is 2. The Morgan fingerprint density at radius 3 is 2.20 bits per heavy atom. The third-order valence-corrected chi connectivity index (χ3v) is 5.84. The van der Waals surface area contributed by atoms with E-state index in [0.717, 1.165) is 22.6 Å². The van der Waals surface area contributed by atoms with E-state index in [-0.39, 0.29) is 17.3 Å². The number of sulfonamides is 1. The first-order valence-corrected chi connectivity index (χ1v) is 9.65. The van der Waals surface area contributed by atoms with Gasteiger partial charge < -0.3 is 0 Å². The largest absolute Gasteiger partial charge is 0.248 e. The Labute approximate surface area is 148 Å². The fourth-order valence-corrected chi connectivity index (χ4v) is 4.14. The van der Waals surface area contributed by atoms with Crippen molar-refractivity contribution in [1.82, 2.24) is 9.71 Å². The summed E-state index contributed by atoms with van der Waals surface area (Å²) in [6.07, 6.45) is 2.28. The monoisotopic (exact) mass is 380 g/mol. The van der Waals surface area contributed by atoms with E-state index in [4.69, 9.17) is 0 Å². The fourth-order valence-electron chi connectivity index (χ4n) is 2.17. The zero-order valence-electron chi connectivity index (χ0n) is 12.9. The summed E-state index contributed by atoms with van der Waals surface area (Å²) >= 11 is 1.38. The number of nitrogens with zero attached hydrogens (tertiary/aromatic N) is 1. The van der Waals surface area contributed by atoms with Crippen LogP contribution in [0.3, 0.4) is 0 Å². The molecule has 3 aromatic rings. The van der Waals surface area contributed by atoms with Gasteiger partial charge >= 0.3 is 0 Å². The topological polar surface area (TPSA) is 59.1 Å². The molecule has 4 nitrogen and oxygen atoms in total. The van der Waals surface area contributed by atoms with Crippen LogP contribution >= 0.6 is 11.3 Å². The van der Waals surface area contributed by atoms with Gasteiger partial charge in [0.1, 0.15) is 16.6 Å². The van der Waals surface area contributed by atoms with E-state index in [2.05, 4.69) is 9.71 Å². The van der Waals surface area contributed by atoms with Crippen molar-refractivity contribution in [3.63, 3.8) is 0 Å². The highest BCUT2D eigenvalue weighted by atomic mass is 32.2. The number of halogens is 2. The van der Waals surface area contributed by atoms with Crippen molar-refractivity contribution in [3.05, 3.63) is 81.8 Å². The van der Waals surface area contributed by atoms with Gasteiger partial charge in [-0.3, -0.25) is 0 Å². The van der Waals surface area contributed by atoms with Gasteiger partial charge in [0.2, 0.25) is 10.0 Å². The summed E-state index contributed by atoms with van der Waals surface area (Å²) in [7, 11) is -3.72. The lowest BCUT2D eigenvalue weighted by Crippen LogP contribution is -2.23. The van der Waals surface area contributed by atoms with Crippen molar-refractivity contribution in [1.29, 1.82) is 0 Å². The minimum Gasteiger partial charge on any atom is -0.248 e. The van der Waals surface area contributed by atoms with Gasteiger partial charge in [0.15, 0.2) is 0 Å². The van der Waals surface area contributed by atoms with Gasteiger partial charge in [-0.25, -0.2) is 26.9 Å². The molecule has 1 aromatic heterocycles. The van der Waals surface area contributed by atoms with E-state index in [1.807, 2.05) is 0 Å². The lowest BCUT2D eigenvalue weighted by Gasteiger charge is -2.04. The van der Waals surface area contributed by atoms with Gasteiger partial charge in [-0.05, 0) is 42.0 Å². The van der Waals surface area contributed by atoms with Gasteiger partial charge in [-0.2, -0.15) is 0 Å². The molecule has 25 heavy (non-hydrogen) atoms. The molecule has 0 atom stereocenters. The molecule has 130 valence electrons. The zero-order chi connectivity index (χ0) is 17.9. The van der Waals surface area contributed by atoms with Crippen LogP contribution in [-0.4, -0.2) is 13.4 Å². The SMILES string of the molecule is O=S(=O)(NCc1ncc(Cc2ccc(F)cc2)s1)c1ccc(F)cc1. The molecule has 1 heterocycles. The number of aromatic nitrogens is 1. The fraction of sp³-hybridized carbons (Fsp3) is 0.118. The number of thiazole rings is 1. The highest BCUT2D eigenvalue weighted by molar-refractivity contribution is 7.89. The van der Waals surface area contributed by atoms with Crippen molar-refractivity contribution in [2.45, 2.75) is 17.9 Å². The second-order valence-corrected chi connectivity index (χ2v) is 8.27. The molecular formula is C17H14F2N2O2S2. The molecule has 0 spiro atoms. The molecule has 2 aromatic carbocycles. The summed E-state index contributed by atoms with van der Waals surface area (Å²) in [5.74, 6) is -0.784. The Morgan fingerprint density at radius 1 is 0.960 bits per heavy atom. The zero-order valence-corrected chi connectivity index (χ0v) is 14.6. The van der Waals surface area contributed by atoms with Crippen molar-refractivity contribution < 1.29 is 17.2 Å². The quantitative estimate of drug-likeness (QED) is 0.712. The summed E-state index contributed by atoms with van der Waals surface area (Å²) in [6, 6.07) is 10.8. The Morgan fingerprint density at radius 2 is 1.56 bits per heavy atom. The number of hydrogen-bond acceptors (Lipinski definition) is 4. The predicted octanol–water partition coefficient (Wildman–Crippen LogP) is 3.49. The molecule has 0 fully saturated rings. The Kier molecular flexibility index (Phi) is 5.22. The van der Waals surface area contributed by atoms with Gasteiger partial charge in [0.25, 0.3) is 0 Å². The van der Waals surface area contributed by atoms with Crippen molar-refractivity contribution in [2.75, 3.05) is 0 Å². The van der Waals surface area contributed by atoms with E-state index in [9.17, 15) is 17.2 Å². The van der Waals surface area contributed by atoms with Crippen molar-refractivity contribution in [3.8, 4) is 0 Å². The molecule has 3 rings (SSSR count). The van der Waals surface area contributed by atoms with Gasteiger partial charge in [0.05, 0.1) is 11.4 Å². The first kappa shape index (κ1) is 17.7. The average molecular weight is 380 g/mol. The normalized spacial score (nSPS) is 11.6. The van der Waals surface area contributed by atoms with Gasteiger partial charge in [0, 0.05) is 17.5 Å². The van der Waals surface area contributed by atoms with E-state index >= 15 is 0 Å². The lowest BCUT2D eigenvalue weighted by molar-refractivity contribution is 0.580. The van der Waals surface area contributed by atoms with Gasteiger partial charge in [-0.15, -0.1) is 11.3 Å². The molecule has 0 amide bonds. The molecule has 8 heteroatoms. The number of rotatable bonds is 6. The van der Waals surface area contributed by atoms with Crippen LogP contribution < -0.4 is 4.72 Å². The van der Waals surface area contributed by atoms with Crippen LogP contribution in [0, 0.1) is 11.6 Å². The first-order valence-electron chi connectivity index (χ1n) is 7.36. The highest BCUT2D eigenvalue weighted by Gasteiger charge is 2.14. The minimum atomic E-state index is -3.72. The molecule has 0 bridgehead atoms. The Balaban J connectivity index is 1.63. The number of hydrogen-bond donors (Lipinski definition) is 1. The molecule has 0 unspecified atom stereocenters. The van der Waals surface area contributed by atoms with E-state index in [1.165, 1.54) is 35.6 Å². The molecule has 0 saturated heterocycles. The lowest BCUT2D eigenvalue weighted by atomic mass is 10.1. The first-order chi connectivity index (χ1) is 11.9. The third-order valence-electron chi connectivity index (χ3n) is 3.43. The molecule has 0 radical (unpaired) electrons. The molecule has 1 N–H and O–H groups in total. The second kappa shape index (κ2) is 7.38. The summed E-state index contributed by atoms with van der Waals surface area (Å²) < 4.78 is 52.5. The van der Waals surface area contributed by atoms with Crippen LogP contribution in [0.25, 0.3) is 0 Å². The maximum Gasteiger partial charge on any atom is 0.240 e. The maximum absolute atomic E-state index is 12.9. The summed E-state index contributed by atoms with van der Waals surface area (Å²) in [4.78, 5) is 5.14. The molecule has 0 aliphatic heterocycles. The van der Waals surface area contributed by atoms with Crippen LogP contribution in [0.4, 0.5) is 8.78 Å². The number of nitrogens with one attached hydrogen (secondary N) is 1. The van der Waals surface area contributed by atoms with E-state index < -0.39 is 15.8 Å². The third kappa shape index (κ3) is 4.68. The van der Waals surface area contributed by atoms with Crippen molar-refractivity contribution in [2.24, 2.45) is 0 Å².